The summed E-state index contributed by atoms with van der Waals surface area (Å²) < 4.78 is 13.2. The smallest absolute Gasteiger partial charge is 0.338 e. The first-order valence-corrected chi connectivity index (χ1v) is 5.37. The molecule has 0 spiro atoms. The van der Waals surface area contributed by atoms with Crippen LogP contribution in [0.4, 0.5) is 10.1 Å². The number of carboxylic acid groups (broad SMARTS) is 1. The molecule has 1 heterocycles. The Morgan fingerprint density at radius 1 is 1.37 bits per heavy atom. The summed E-state index contributed by atoms with van der Waals surface area (Å²) in [6.45, 7) is 0. The van der Waals surface area contributed by atoms with E-state index in [9.17, 15) is 14.0 Å². The molecule has 0 aliphatic heterocycles. The van der Waals surface area contributed by atoms with Crippen molar-refractivity contribution in [1.82, 2.24) is 10.2 Å². The third kappa shape index (κ3) is 3.15. The number of carbonyl (C=O) groups is 2. The zero-order valence-corrected chi connectivity index (χ0v) is 9.68. The van der Waals surface area contributed by atoms with Crippen LogP contribution in [0.3, 0.4) is 0 Å². The lowest BCUT2D eigenvalue weighted by Gasteiger charge is -2.06. The van der Waals surface area contributed by atoms with Crippen molar-refractivity contribution in [2.45, 2.75) is 6.42 Å². The highest BCUT2D eigenvalue weighted by molar-refractivity contribution is 5.94. The molecule has 1 aromatic heterocycles. The fraction of sp³-hybridized carbons (Fsp3) is 0.0833. The number of H-pyrrole nitrogens is 1. The standard InChI is InChI=1S/C12H10FN3O3/c13-10-2-1-7(5-9(10)12(18)19)15-11(17)6-8-3-4-14-16-8/h1-5H,6H2,(H,14,16)(H,15,17)(H,18,19). The molecule has 0 saturated carbocycles. The topological polar surface area (TPSA) is 95.1 Å². The summed E-state index contributed by atoms with van der Waals surface area (Å²) in [5.41, 5.74) is 0.362. The van der Waals surface area contributed by atoms with Crippen LogP contribution in [0.2, 0.25) is 0 Å². The van der Waals surface area contributed by atoms with E-state index in [-0.39, 0.29) is 18.0 Å². The third-order valence-corrected chi connectivity index (χ3v) is 2.39. The van der Waals surface area contributed by atoms with Gasteiger partial charge < -0.3 is 10.4 Å². The Bertz CT molecular complexity index is 611. The summed E-state index contributed by atoms with van der Waals surface area (Å²) >= 11 is 0. The van der Waals surface area contributed by atoms with Gasteiger partial charge in [0.1, 0.15) is 5.82 Å². The van der Waals surface area contributed by atoms with Crippen molar-refractivity contribution in [3.63, 3.8) is 0 Å². The molecule has 6 nitrogen and oxygen atoms in total. The molecular formula is C12H10FN3O3. The molecule has 0 fully saturated rings. The Morgan fingerprint density at radius 3 is 2.79 bits per heavy atom. The lowest BCUT2D eigenvalue weighted by molar-refractivity contribution is -0.115. The van der Waals surface area contributed by atoms with Gasteiger partial charge in [0.25, 0.3) is 0 Å². The van der Waals surface area contributed by atoms with Gasteiger partial charge in [-0.25, -0.2) is 9.18 Å². The second kappa shape index (κ2) is 5.30. The van der Waals surface area contributed by atoms with Crippen LogP contribution in [0.25, 0.3) is 0 Å². The number of amides is 1. The highest BCUT2D eigenvalue weighted by Crippen LogP contribution is 2.15. The molecule has 19 heavy (non-hydrogen) atoms. The van der Waals surface area contributed by atoms with Crippen LogP contribution in [0.15, 0.2) is 30.5 Å². The van der Waals surface area contributed by atoms with Crippen molar-refractivity contribution < 1.29 is 19.1 Å². The van der Waals surface area contributed by atoms with Crippen molar-refractivity contribution in [2.24, 2.45) is 0 Å². The number of aromatic carboxylic acids is 1. The predicted molar refractivity (Wildman–Crippen MR) is 64.3 cm³/mol. The van der Waals surface area contributed by atoms with Crippen LogP contribution in [0.1, 0.15) is 16.1 Å². The molecule has 1 aromatic carbocycles. The van der Waals surface area contributed by atoms with Gasteiger partial charge in [0.2, 0.25) is 5.91 Å². The molecule has 1 amide bonds. The van der Waals surface area contributed by atoms with Gasteiger partial charge in [0.15, 0.2) is 0 Å². The van der Waals surface area contributed by atoms with Crippen LogP contribution in [-0.4, -0.2) is 27.2 Å². The lowest BCUT2D eigenvalue weighted by Crippen LogP contribution is -2.15. The van der Waals surface area contributed by atoms with E-state index < -0.39 is 17.3 Å². The highest BCUT2D eigenvalue weighted by Gasteiger charge is 2.12. The van der Waals surface area contributed by atoms with E-state index in [1.807, 2.05) is 0 Å². The predicted octanol–water partition coefficient (Wildman–Crippen LogP) is 1.43. The molecule has 7 heteroatoms. The van der Waals surface area contributed by atoms with Gasteiger partial charge in [-0.2, -0.15) is 5.10 Å². The van der Waals surface area contributed by atoms with E-state index in [1.165, 1.54) is 12.3 Å². The first-order chi connectivity index (χ1) is 9.06. The first-order valence-electron chi connectivity index (χ1n) is 5.37. The zero-order chi connectivity index (χ0) is 13.8. The van der Waals surface area contributed by atoms with Gasteiger partial charge in [0, 0.05) is 17.6 Å². The highest BCUT2D eigenvalue weighted by atomic mass is 19.1. The van der Waals surface area contributed by atoms with Crippen LogP contribution < -0.4 is 5.32 Å². The van der Waals surface area contributed by atoms with Gasteiger partial charge in [-0.1, -0.05) is 0 Å². The molecule has 3 N–H and O–H groups in total. The van der Waals surface area contributed by atoms with E-state index in [2.05, 4.69) is 15.5 Å². The number of aromatic nitrogens is 2. The Kier molecular flexibility index (Phi) is 3.56. The van der Waals surface area contributed by atoms with E-state index in [1.54, 1.807) is 6.07 Å². The van der Waals surface area contributed by atoms with Crippen molar-refractivity contribution >= 4 is 17.6 Å². The first kappa shape index (κ1) is 12.7. The number of aromatic amines is 1. The number of carbonyl (C=O) groups excluding carboxylic acids is 1. The molecule has 0 aliphatic carbocycles. The Labute approximate surface area is 107 Å². The molecule has 0 saturated heterocycles. The molecule has 0 radical (unpaired) electrons. The minimum Gasteiger partial charge on any atom is -0.478 e. The minimum absolute atomic E-state index is 0.0692. The largest absolute Gasteiger partial charge is 0.478 e. The van der Waals surface area contributed by atoms with Crippen LogP contribution in [0, 0.1) is 5.82 Å². The minimum atomic E-state index is -1.39. The van der Waals surface area contributed by atoms with Gasteiger partial charge in [-0.15, -0.1) is 0 Å². The normalized spacial score (nSPS) is 10.2. The maximum Gasteiger partial charge on any atom is 0.338 e. The van der Waals surface area contributed by atoms with Gasteiger partial charge in [-0.3, -0.25) is 9.89 Å². The molecule has 98 valence electrons. The second-order valence-corrected chi connectivity index (χ2v) is 3.81. The SMILES string of the molecule is O=C(Cc1ccn[nH]1)Nc1ccc(F)c(C(=O)O)c1. The molecule has 0 aliphatic rings. The van der Waals surface area contributed by atoms with Crippen LogP contribution in [0.5, 0.6) is 0 Å². The number of hydrogen-bond acceptors (Lipinski definition) is 3. The van der Waals surface area contributed by atoms with Gasteiger partial charge >= 0.3 is 5.97 Å². The number of hydrogen-bond donors (Lipinski definition) is 3. The van der Waals surface area contributed by atoms with Crippen molar-refractivity contribution in [3.05, 3.63) is 47.5 Å². The van der Waals surface area contributed by atoms with E-state index in [0.717, 1.165) is 12.1 Å². The average Bonchev–Trinajstić information content (AvgIpc) is 2.84. The molecular weight excluding hydrogens is 253 g/mol. The molecule has 2 aromatic rings. The monoisotopic (exact) mass is 263 g/mol. The molecule has 0 bridgehead atoms. The number of carboxylic acids is 1. The van der Waals surface area contributed by atoms with Crippen LogP contribution in [-0.2, 0) is 11.2 Å². The molecule has 0 atom stereocenters. The number of rotatable bonds is 4. The number of nitrogens with one attached hydrogen (secondary N) is 2. The van der Waals surface area contributed by atoms with Crippen molar-refractivity contribution in [1.29, 1.82) is 0 Å². The zero-order valence-electron chi connectivity index (χ0n) is 9.68. The Morgan fingerprint density at radius 2 is 2.16 bits per heavy atom. The Balaban J connectivity index is 2.09. The maximum atomic E-state index is 13.2. The number of nitrogens with zero attached hydrogens (tertiary/aromatic N) is 1. The fourth-order valence-electron chi connectivity index (χ4n) is 1.53. The summed E-state index contributed by atoms with van der Waals surface area (Å²) in [6, 6.07) is 5.01. The van der Waals surface area contributed by atoms with E-state index in [0.29, 0.717) is 5.69 Å². The number of anilines is 1. The molecule has 0 unspecified atom stereocenters. The van der Waals surface area contributed by atoms with E-state index >= 15 is 0 Å². The van der Waals surface area contributed by atoms with Gasteiger partial charge in [-0.05, 0) is 24.3 Å². The number of benzene rings is 1. The molecule has 2 rings (SSSR count). The maximum absolute atomic E-state index is 13.2. The summed E-state index contributed by atoms with van der Waals surface area (Å²) in [7, 11) is 0. The third-order valence-electron chi connectivity index (χ3n) is 2.39. The van der Waals surface area contributed by atoms with E-state index in [4.69, 9.17) is 5.11 Å². The fourth-order valence-corrected chi connectivity index (χ4v) is 1.53. The van der Waals surface area contributed by atoms with Crippen molar-refractivity contribution in [2.75, 3.05) is 5.32 Å². The van der Waals surface area contributed by atoms with Crippen molar-refractivity contribution in [3.8, 4) is 0 Å². The number of halogens is 1. The lowest BCUT2D eigenvalue weighted by atomic mass is 10.2. The summed E-state index contributed by atoms with van der Waals surface area (Å²) in [5.74, 6) is -2.59. The summed E-state index contributed by atoms with van der Waals surface area (Å²) in [5, 5.41) is 17.6. The Hall–Kier alpha value is -2.70. The second-order valence-electron chi connectivity index (χ2n) is 3.81. The van der Waals surface area contributed by atoms with Crippen LogP contribution >= 0.6 is 0 Å². The average molecular weight is 263 g/mol. The van der Waals surface area contributed by atoms with Gasteiger partial charge in [0.05, 0.1) is 12.0 Å². The summed E-state index contributed by atoms with van der Waals surface area (Å²) in [6.07, 6.45) is 1.59. The quantitative estimate of drug-likeness (QED) is 0.777. The summed E-state index contributed by atoms with van der Waals surface area (Å²) in [4.78, 5) is 22.4.